The van der Waals surface area contributed by atoms with E-state index in [0.717, 1.165) is 0 Å². The predicted octanol–water partition coefficient (Wildman–Crippen LogP) is 0.412. The van der Waals surface area contributed by atoms with Crippen molar-refractivity contribution in [3.05, 3.63) is 11.7 Å². The van der Waals surface area contributed by atoms with E-state index in [4.69, 9.17) is 4.52 Å². The Labute approximate surface area is 147 Å². The minimum Gasteiger partial charge on any atom is -0.339 e. The summed E-state index contributed by atoms with van der Waals surface area (Å²) in [6.07, 6.45) is 3.33. The summed E-state index contributed by atoms with van der Waals surface area (Å²) in [6, 6.07) is -0.0254. The van der Waals surface area contributed by atoms with Crippen molar-refractivity contribution in [2.45, 2.75) is 32.1 Å². The third-order valence-corrected chi connectivity index (χ3v) is 6.11. The predicted molar refractivity (Wildman–Crippen MR) is 90.5 cm³/mol. The molecule has 10 heteroatoms. The standard InChI is InChI=1S/C15H25N5O4S/c1-3-16-15(21)19-9-11(10-19)8-13-17-14(18-24-13)12-4-6-20(7-5-12)25(2,22)23/h11-12H,3-10H2,1-2H3,(H,16,21). The monoisotopic (exact) mass is 371 g/mol. The molecule has 1 aromatic rings. The highest BCUT2D eigenvalue weighted by molar-refractivity contribution is 7.88. The zero-order valence-corrected chi connectivity index (χ0v) is 15.5. The number of nitrogens with zero attached hydrogens (tertiary/aromatic N) is 4. The molecule has 2 aliphatic heterocycles. The lowest BCUT2D eigenvalue weighted by molar-refractivity contribution is 0.116. The van der Waals surface area contributed by atoms with Gasteiger partial charge in [0.1, 0.15) is 0 Å². The highest BCUT2D eigenvalue weighted by atomic mass is 32.2. The van der Waals surface area contributed by atoms with Gasteiger partial charge in [0.2, 0.25) is 15.9 Å². The van der Waals surface area contributed by atoms with Crippen LogP contribution in [0.15, 0.2) is 4.52 Å². The maximum Gasteiger partial charge on any atom is 0.317 e. The molecule has 2 saturated heterocycles. The Morgan fingerprint density at radius 3 is 2.60 bits per heavy atom. The quantitative estimate of drug-likeness (QED) is 0.803. The third-order valence-electron chi connectivity index (χ3n) is 4.81. The number of rotatable bonds is 5. The Kier molecular flexibility index (Phi) is 5.28. The molecule has 0 spiro atoms. The molecule has 25 heavy (non-hydrogen) atoms. The van der Waals surface area contributed by atoms with Gasteiger partial charge in [-0.25, -0.2) is 17.5 Å². The lowest BCUT2D eigenvalue weighted by Crippen LogP contribution is -2.54. The van der Waals surface area contributed by atoms with Crippen LogP contribution in [0.1, 0.15) is 37.4 Å². The maximum atomic E-state index is 11.6. The molecule has 2 fully saturated rings. The van der Waals surface area contributed by atoms with Gasteiger partial charge in [0, 0.05) is 51.0 Å². The minimum atomic E-state index is -3.12. The van der Waals surface area contributed by atoms with Gasteiger partial charge >= 0.3 is 6.03 Å². The number of hydrogen-bond donors (Lipinski definition) is 1. The number of piperidine rings is 1. The molecule has 0 atom stereocenters. The van der Waals surface area contributed by atoms with Gasteiger partial charge in [0.05, 0.1) is 6.26 Å². The second kappa shape index (κ2) is 7.28. The Hall–Kier alpha value is -1.68. The molecule has 3 heterocycles. The zero-order chi connectivity index (χ0) is 18.0. The smallest absolute Gasteiger partial charge is 0.317 e. The van der Waals surface area contributed by atoms with Gasteiger partial charge in [-0.05, 0) is 19.8 Å². The highest BCUT2D eigenvalue weighted by Gasteiger charge is 2.33. The van der Waals surface area contributed by atoms with Gasteiger partial charge in [0.15, 0.2) is 5.82 Å². The molecule has 1 aromatic heterocycles. The number of sulfonamides is 1. The van der Waals surface area contributed by atoms with Crippen LogP contribution in [0.25, 0.3) is 0 Å². The van der Waals surface area contributed by atoms with Gasteiger partial charge in [0.25, 0.3) is 0 Å². The number of nitrogens with one attached hydrogen (secondary N) is 1. The number of aromatic nitrogens is 2. The van der Waals surface area contributed by atoms with Crippen molar-refractivity contribution in [3.8, 4) is 0 Å². The average molecular weight is 371 g/mol. The van der Waals surface area contributed by atoms with E-state index < -0.39 is 10.0 Å². The molecule has 3 rings (SSSR count). The maximum absolute atomic E-state index is 11.6. The van der Waals surface area contributed by atoms with Gasteiger partial charge < -0.3 is 14.7 Å². The van der Waals surface area contributed by atoms with Gasteiger partial charge in [-0.15, -0.1) is 0 Å². The van der Waals surface area contributed by atoms with E-state index in [9.17, 15) is 13.2 Å². The fourth-order valence-electron chi connectivity index (χ4n) is 3.34. The van der Waals surface area contributed by atoms with Gasteiger partial charge in [-0.3, -0.25) is 0 Å². The molecule has 9 nitrogen and oxygen atoms in total. The second-order valence-corrected chi connectivity index (χ2v) is 8.78. The number of likely N-dealkylation sites (tertiary alicyclic amines) is 1. The van der Waals surface area contributed by atoms with Crippen LogP contribution in [0.2, 0.25) is 0 Å². The molecule has 0 aromatic carbocycles. The Balaban J connectivity index is 1.47. The first-order valence-corrected chi connectivity index (χ1v) is 10.5. The molecule has 2 aliphatic rings. The Morgan fingerprint density at radius 2 is 2.00 bits per heavy atom. The largest absolute Gasteiger partial charge is 0.339 e. The molecule has 1 N–H and O–H groups in total. The summed E-state index contributed by atoms with van der Waals surface area (Å²) in [5, 5.41) is 6.86. The number of carbonyl (C=O) groups excluding carboxylic acids is 1. The fourth-order valence-corrected chi connectivity index (χ4v) is 4.21. The summed E-state index contributed by atoms with van der Waals surface area (Å²) < 4.78 is 30.0. The first-order valence-electron chi connectivity index (χ1n) is 8.67. The van der Waals surface area contributed by atoms with Crippen LogP contribution in [0.3, 0.4) is 0 Å². The van der Waals surface area contributed by atoms with E-state index in [1.54, 1.807) is 4.90 Å². The topological polar surface area (TPSA) is 109 Å². The van der Waals surface area contributed by atoms with Crippen LogP contribution in [-0.2, 0) is 16.4 Å². The highest BCUT2D eigenvalue weighted by Crippen LogP contribution is 2.28. The summed E-state index contributed by atoms with van der Waals surface area (Å²) in [5.74, 6) is 1.76. The molecule has 0 aliphatic carbocycles. The molecule has 0 saturated carbocycles. The number of urea groups is 1. The third kappa shape index (κ3) is 4.30. The fraction of sp³-hybridized carbons (Fsp3) is 0.800. The molecule has 0 bridgehead atoms. The first-order chi connectivity index (χ1) is 11.9. The summed E-state index contributed by atoms with van der Waals surface area (Å²) in [7, 11) is -3.12. The van der Waals surface area contributed by atoms with Crippen LogP contribution >= 0.6 is 0 Å². The molecule has 0 radical (unpaired) electrons. The number of amides is 2. The van der Waals surface area contributed by atoms with Crippen LogP contribution in [0.4, 0.5) is 4.79 Å². The average Bonchev–Trinajstić information content (AvgIpc) is 2.98. The SMILES string of the molecule is CCNC(=O)N1CC(Cc2nc(C3CCN(S(C)(=O)=O)CC3)no2)C1. The van der Waals surface area contributed by atoms with Gasteiger partial charge in [-0.2, -0.15) is 4.98 Å². The molecule has 2 amide bonds. The number of hydrogen-bond acceptors (Lipinski definition) is 6. The Bertz CT molecular complexity index is 705. The lowest BCUT2D eigenvalue weighted by atomic mass is 9.96. The molecule has 0 unspecified atom stereocenters. The van der Waals surface area contributed by atoms with Crippen molar-refractivity contribution in [3.63, 3.8) is 0 Å². The van der Waals surface area contributed by atoms with Crippen molar-refractivity contribution in [2.75, 3.05) is 39.0 Å². The lowest BCUT2D eigenvalue weighted by Gasteiger charge is -2.38. The molecular formula is C15H25N5O4S. The van der Waals surface area contributed by atoms with Crippen molar-refractivity contribution < 1.29 is 17.7 Å². The van der Waals surface area contributed by atoms with E-state index in [2.05, 4.69) is 15.5 Å². The Morgan fingerprint density at radius 1 is 1.32 bits per heavy atom. The number of carbonyl (C=O) groups is 1. The first kappa shape index (κ1) is 18.1. The van der Waals surface area contributed by atoms with Crippen molar-refractivity contribution in [2.24, 2.45) is 5.92 Å². The van der Waals surface area contributed by atoms with Gasteiger partial charge in [-0.1, -0.05) is 5.16 Å². The van der Waals surface area contributed by atoms with E-state index in [0.29, 0.717) is 69.6 Å². The minimum absolute atomic E-state index is 0.0254. The van der Waals surface area contributed by atoms with E-state index >= 15 is 0 Å². The second-order valence-electron chi connectivity index (χ2n) is 6.79. The summed E-state index contributed by atoms with van der Waals surface area (Å²) in [4.78, 5) is 17.9. The van der Waals surface area contributed by atoms with Crippen LogP contribution in [0, 0.1) is 5.92 Å². The van der Waals surface area contributed by atoms with Crippen LogP contribution in [-0.4, -0.2) is 72.8 Å². The van der Waals surface area contributed by atoms with Crippen LogP contribution in [0.5, 0.6) is 0 Å². The molecular weight excluding hydrogens is 346 g/mol. The van der Waals surface area contributed by atoms with E-state index in [1.807, 2.05) is 6.92 Å². The van der Waals surface area contributed by atoms with Crippen molar-refractivity contribution >= 4 is 16.1 Å². The molecule has 140 valence electrons. The van der Waals surface area contributed by atoms with E-state index in [1.165, 1.54) is 10.6 Å². The van der Waals surface area contributed by atoms with E-state index in [-0.39, 0.29) is 11.9 Å². The normalized spacial score (nSPS) is 20.5. The summed E-state index contributed by atoms with van der Waals surface area (Å²) in [5.41, 5.74) is 0. The zero-order valence-electron chi connectivity index (χ0n) is 14.6. The van der Waals surface area contributed by atoms with Crippen LogP contribution < -0.4 is 5.32 Å². The summed E-state index contributed by atoms with van der Waals surface area (Å²) in [6.45, 7) is 4.93. The van der Waals surface area contributed by atoms with Crippen molar-refractivity contribution in [1.82, 2.24) is 24.7 Å². The summed E-state index contributed by atoms with van der Waals surface area (Å²) >= 11 is 0. The van der Waals surface area contributed by atoms with Crippen molar-refractivity contribution in [1.29, 1.82) is 0 Å².